The topological polar surface area (TPSA) is 75.0 Å². The maximum atomic E-state index is 12.5. The molecule has 112 valence electrons. The summed E-state index contributed by atoms with van der Waals surface area (Å²) in [6, 6.07) is 10.1. The summed E-state index contributed by atoms with van der Waals surface area (Å²) in [6.07, 6.45) is 1.58. The lowest BCUT2D eigenvalue weighted by atomic mass is 9.95. The minimum atomic E-state index is -0.0199. The SMILES string of the molecule is Cc1[nH]ncc1C(=O)N1C[C@@H](N)[C@H](c2ccccc2)C1.Cl. The molecule has 1 fully saturated rings. The highest BCUT2D eigenvalue weighted by Gasteiger charge is 2.34. The van der Waals surface area contributed by atoms with E-state index in [1.165, 1.54) is 5.56 Å². The fraction of sp³-hybridized carbons (Fsp3) is 0.333. The quantitative estimate of drug-likeness (QED) is 0.887. The molecule has 0 spiro atoms. The minimum absolute atomic E-state index is 0. The van der Waals surface area contributed by atoms with Gasteiger partial charge in [0.25, 0.3) is 5.91 Å². The smallest absolute Gasteiger partial charge is 0.257 e. The van der Waals surface area contributed by atoms with E-state index in [0.29, 0.717) is 18.7 Å². The Balaban J connectivity index is 0.00000161. The molecule has 0 radical (unpaired) electrons. The second-order valence-corrected chi connectivity index (χ2v) is 5.30. The van der Waals surface area contributed by atoms with Crippen LogP contribution in [-0.2, 0) is 0 Å². The molecule has 0 unspecified atom stereocenters. The largest absolute Gasteiger partial charge is 0.336 e. The van der Waals surface area contributed by atoms with Crippen LogP contribution in [0.3, 0.4) is 0 Å². The van der Waals surface area contributed by atoms with Gasteiger partial charge >= 0.3 is 0 Å². The van der Waals surface area contributed by atoms with E-state index in [0.717, 1.165) is 5.69 Å². The van der Waals surface area contributed by atoms with Crippen molar-refractivity contribution < 1.29 is 4.79 Å². The van der Waals surface area contributed by atoms with Crippen molar-refractivity contribution in [3.63, 3.8) is 0 Å². The fourth-order valence-electron chi connectivity index (χ4n) is 2.78. The average Bonchev–Trinajstić information content (AvgIpc) is 3.05. The first-order valence-corrected chi connectivity index (χ1v) is 6.76. The molecule has 3 N–H and O–H groups in total. The molecule has 0 saturated carbocycles. The van der Waals surface area contributed by atoms with Crippen LogP contribution in [0, 0.1) is 6.92 Å². The Morgan fingerprint density at radius 3 is 2.67 bits per heavy atom. The Morgan fingerprint density at radius 1 is 1.33 bits per heavy atom. The number of likely N-dealkylation sites (tertiary alicyclic amines) is 1. The van der Waals surface area contributed by atoms with Crippen LogP contribution in [0.2, 0.25) is 0 Å². The first kappa shape index (κ1) is 15.5. The van der Waals surface area contributed by atoms with E-state index in [-0.39, 0.29) is 30.3 Å². The van der Waals surface area contributed by atoms with E-state index in [1.807, 2.05) is 30.0 Å². The highest BCUT2D eigenvalue weighted by Crippen LogP contribution is 2.27. The molecule has 1 aliphatic rings. The highest BCUT2D eigenvalue weighted by atomic mass is 35.5. The molecule has 1 aliphatic heterocycles. The molecule has 0 bridgehead atoms. The molecule has 2 aromatic rings. The third-order valence-electron chi connectivity index (χ3n) is 3.94. The molecule has 5 nitrogen and oxygen atoms in total. The third kappa shape index (κ3) is 2.94. The highest BCUT2D eigenvalue weighted by molar-refractivity contribution is 5.95. The number of halogens is 1. The van der Waals surface area contributed by atoms with Gasteiger partial charge in [-0.2, -0.15) is 5.10 Å². The Bertz CT molecular complexity index is 613. The number of hydrogen-bond acceptors (Lipinski definition) is 3. The summed E-state index contributed by atoms with van der Waals surface area (Å²) < 4.78 is 0. The van der Waals surface area contributed by atoms with Crippen LogP contribution in [0.25, 0.3) is 0 Å². The van der Waals surface area contributed by atoms with Crippen molar-refractivity contribution in [2.75, 3.05) is 13.1 Å². The van der Waals surface area contributed by atoms with E-state index < -0.39 is 0 Å². The van der Waals surface area contributed by atoms with Crippen LogP contribution >= 0.6 is 12.4 Å². The van der Waals surface area contributed by atoms with Crippen LogP contribution in [0.15, 0.2) is 36.5 Å². The normalized spacial score (nSPS) is 21.1. The van der Waals surface area contributed by atoms with Gasteiger partial charge in [-0.25, -0.2) is 0 Å². The summed E-state index contributed by atoms with van der Waals surface area (Å²) >= 11 is 0. The Kier molecular flexibility index (Phi) is 4.65. The minimum Gasteiger partial charge on any atom is -0.336 e. The lowest BCUT2D eigenvalue weighted by Crippen LogP contribution is -2.32. The van der Waals surface area contributed by atoms with Crippen LogP contribution in [-0.4, -0.2) is 40.1 Å². The molecule has 1 saturated heterocycles. The van der Waals surface area contributed by atoms with Gasteiger partial charge in [-0.3, -0.25) is 9.89 Å². The number of aromatic amines is 1. The van der Waals surface area contributed by atoms with Gasteiger partial charge in [0, 0.05) is 30.7 Å². The number of amides is 1. The van der Waals surface area contributed by atoms with Crippen LogP contribution in [0.5, 0.6) is 0 Å². The Labute approximate surface area is 129 Å². The number of nitrogens with zero attached hydrogens (tertiary/aromatic N) is 2. The number of nitrogens with two attached hydrogens (primary N) is 1. The number of H-pyrrole nitrogens is 1. The number of carbonyl (C=O) groups is 1. The second kappa shape index (κ2) is 6.28. The van der Waals surface area contributed by atoms with Gasteiger partial charge in [-0.05, 0) is 12.5 Å². The number of carbonyl (C=O) groups excluding carboxylic acids is 1. The third-order valence-corrected chi connectivity index (χ3v) is 3.94. The number of nitrogens with one attached hydrogen (secondary N) is 1. The van der Waals surface area contributed by atoms with Gasteiger partial charge < -0.3 is 10.6 Å². The molecule has 6 heteroatoms. The zero-order valence-electron chi connectivity index (χ0n) is 11.8. The van der Waals surface area contributed by atoms with Crippen molar-refractivity contribution in [3.05, 3.63) is 53.3 Å². The van der Waals surface area contributed by atoms with Crippen LogP contribution in [0.1, 0.15) is 27.5 Å². The standard InChI is InChI=1S/C15H18N4O.ClH/c1-10-12(7-17-18-10)15(20)19-8-13(14(16)9-19)11-5-3-2-4-6-11;/h2-7,13-14H,8-9,16H2,1H3,(H,17,18);1H/t13-,14+;/m0./s1. The Hall–Kier alpha value is -1.85. The molecular weight excluding hydrogens is 288 g/mol. The molecule has 21 heavy (non-hydrogen) atoms. The predicted octanol–water partition coefficient (Wildman–Crippen LogP) is 1.71. The summed E-state index contributed by atoms with van der Waals surface area (Å²) in [5.41, 5.74) is 8.84. The average molecular weight is 307 g/mol. The molecule has 3 rings (SSSR count). The maximum Gasteiger partial charge on any atom is 0.257 e. The fourth-order valence-corrected chi connectivity index (χ4v) is 2.78. The molecular formula is C15H19ClN4O. The second-order valence-electron chi connectivity index (χ2n) is 5.30. The number of rotatable bonds is 2. The van der Waals surface area contributed by atoms with Gasteiger partial charge in [0.1, 0.15) is 0 Å². The van der Waals surface area contributed by atoms with Gasteiger partial charge in [-0.15, -0.1) is 12.4 Å². The van der Waals surface area contributed by atoms with Crippen LogP contribution in [0.4, 0.5) is 0 Å². The van der Waals surface area contributed by atoms with Gasteiger partial charge in [0.2, 0.25) is 0 Å². The van der Waals surface area contributed by atoms with Crippen molar-refractivity contribution >= 4 is 18.3 Å². The molecule has 2 atom stereocenters. The summed E-state index contributed by atoms with van der Waals surface area (Å²) in [5.74, 6) is 0.206. The number of hydrogen-bond donors (Lipinski definition) is 2. The maximum absolute atomic E-state index is 12.5. The van der Waals surface area contributed by atoms with Crippen molar-refractivity contribution in [2.24, 2.45) is 5.73 Å². The molecule has 0 aliphatic carbocycles. The summed E-state index contributed by atoms with van der Waals surface area (Å²) in [7, 11) is 0. The van der Waals surface area contributed by atoms with Gasteiger partial charge in [-0.1, -0.05) is 30.3 Å². The lowest BCUT2D eigenvalue weighted by molar-refractivity contribution is 0.0788. The lowest BCUT2D eigenvalue weighted by Gasteiger charge is -2.16. The van der Waals surface area contributed by atoms with E-state index in [2.05, 4.69) is 22.3 Å². The molecule has 2 heterocycles. The van der Waals surface area contributed by atoms with Crippen molar-refractivity contribution in [1.82, 2.24) is 15.1 Å². The predicted molar refractivity (Wildman–Crippen MR) is 83.6 cm³/mol. The Morgan fingerprint density at radius 2 is 2.05 bits per heavy atom. The van der Waals surface area contributed by atoms with Crippen molar-refractivity contribution in [3.8, 4) is 0 Å². The number of aryl methyl sites for hydroxylation is 1. The zero-order valence-corrected chi connectivity index (χ0v) is 12.6. The van der Waals surface area contributed by atoms with Crippen molar-refractivity contribution in [2.45, 2.75) is 18.9 Å². The van der Waals surface area contributed by atoms with E-state index in [9.17, 15) is 4.79 Å². The number of aromatic nitrogens is 2. The zero-order chi connectivity index (χ0) is 14.1. The monoisotopic (exact) mass is 306 g/mol. The summed E-state index contributed by atoms with van der Waals surface area (Å²) in [6.45, 7) is 3.10. The van der Waals surface area contributed by atoms with E-state index >= 15 is 0 Å². The number of benzene rings is 1. The van der Waals surface area contributed by atoms with Crippen LogP contribution < -0.4 is 5.73 Å². The van der Waals surface area contributed by atoms with E-state index in [4.69, 9.17) is 5.73 Å². The molecule has 1 aromatic carbocycles. The summed E-state index contributed by atoms with van der Waals surface area (Å²) in [5, 5.41) is 6.71. The first-order chi connectivity index (χ1) is 9.66. The molecule has 1 aromatic heterocycles. The van der Waals surface area contributed by atoms with Gasteiger partial charge in [0.05, 0.1) is 11.8 Å². The van der Waals surface area contributed by atoms with Crippen molar-refractivity contribution in [1.29, 1.82) is 0 Å². The van der Waals surface area contributed by atoms with Gasteiger partial charge in [0.15, 0.2) is 0 Å². The summed E-state index contributed by atoms with van der Waals surface area (Å²) in [4.78, 5) is 14.3. The first-order valence-electron chi connectivity index (χ1n) is 6.76. The van der Waals surface area contributed by atoms with E-state index in [1.54, 1.807) is 6.20 Å². The molecule has 1 amide bonds.